The molecule has 0 aliphatic rings. The van der Waals surface area contributed by atoms with Gasteiger partial charge in [0.2, 0.25) is 0 Å². The number of nitro groups is 1. The number of aryl methyl sites for hydroxylation is 1. The molecule has 0 aliphatic heterocycles. The third-order valence-corrected chi connectivity index (χ3v) is 4.28. The molecule has 6 heteroatoms. The number of carboxylic acid groups (broad SMARTS) is 1. The van der Waals surface area contributed by atoms with Gasteiger partial charge in [0.25, 0.3) is 5.69 Å². The maximum atomic E-state index is 11.5. The normalized spacial score (nSPS) is 10.8. The van der Waals surface area contributed by atoms with Crippen molar-refractivity contribution in [3.63, 3.8) is 0 Å². The third kappa shape index (κ3) is 5.17. The molecule has 0 saturated carbocycles. The maximum absolute atomic E-state index is 11.5. The molecular weight excluding hydrogens is 320 g/mol. The van der Waals surface area contributed by atoms with Crippen LogP contribution < -0.4 is 0 Å². The number of nitro benzene ring substituents is 1. The predicted molar refractivity (Wildman–Crippen MR) is 96.9 cm³/mol. The molecule has 1 aromatic heterocycles. The first-order valence-electron chi connectivity index (χ1n) is 8.71. The minimum Gasteiger partial charge on any atom is -0.477 e. The number of benzene rings is 1. The van der Waals surface area contributed by atoms with E-state index < -0.39 is 10.9 Å². The van der Waals surface area contributed by atoms with Crippen molar-refractivity contribution >= 4 is 11.7 Å². The number of aromatic nitrogens is 1. The van der Waals surface area contributed by atoms with Crippen LogP contribution in [-0.4, -0.2) is 20.6 Å². The lowest BCUT2D eigenvalue weighted by Crippen LogP contribution is -2.07. The van der Waals surface area contributed by atoms with E-state index in [1.165, 1.54) is 37.8 Å². The van der Waals surface area contributed by atoms with Gasteiger partial charge in [-0.3, -0.25) is 10.1 Å². The summed E-state index contributed by atoms with van der Waals surface area (Å²) in [5.74, 6) is -0.959. The summed E-state index contributed by atoms with van der Waals surface area (Å²) in [6.07, 6.45) is 8.70. The molecule has 0 spiro atoms. The van der Waals surface area contributed by atoms with E-state index in [1.54, 1.807) is 22.8 Å². The van der Waals surface area contributed by atoms with E-state index in [1.807, 2.05) is 6.20 Å². The van der Waals surface area contributed by atoms with E-state index in [4.69, 9.17) is 0 Å². The fraction of sp³-hybridized carbons (Fsp3) is 0.421. The summed E-state index contributed by atoms with van der Waals surface area (Å²) in [4.78, 5) is 21.8. The summed E-state index contributed by atoms with van der Waals surface area (Å²) in [7, 11) is 0. The van der Waals surface area contributed by atoms with Gasteiger partial charge in [-0.15, -0.1) is 0 Å². The molecule has 0 fully saturated rings. The van der Waals surface area contributed by atoms with Crippen LogP contribution in [0.2, 0.25) is 0 Å². The molecule has 1 N–H and O–H groups in total. The average Bonchev–Trinajstić information content (AvgIpc) is 3.02. The number of rotatable bonds is 10. The minimum absolute atomic E-state index is 0.0220. The number of unbranched alkanes of at least 4 members (excludes halogenated alkanes) is 5. The lowest BCUT2D eigenvalue weighted by Gasteiger charge is -2.06. The zero-order valence-electron chi connectivity index (χ0n) is 14.5. The van der Waals surface area contributed by atoms with E-state index in [9.17, 15) is 20.0 Å². The van der Waals surface area contributed by atoms with Crippen LogP contribution in [0.15, 0.2) is 36.5 Å². The van der Waals surface area contributed by atoms with Crippen LogP contribution in [0.25, 0.3) is 11.1 Å². The largest absolute Gasteiger partial charge is 0.477 e. The molecule has 6 nitrogen and oxygen atoms in total. The van der Waals surface area contributed by atoms with E-state index in [0.29, 0.717) is 6.54 Å². The van der Waals surface area contributed by atoms with Crippen molar-refractivity contribution < 1.29 is 14.8 Å². The van der Waals surface area contributed by atoms with Gasteiger partial charge >= 0.3 is 5.97 Å². The Morgan fingerprint density at radius 1 is 1.08 bits per heavy atom. The molecular formula is C19H24N2O4. The molecule has 134 valence electrons. The fourth-order valence-electron chi connectivity index (χ4n) is 2.87. The number of carbonyl (C=O) groups is 1. The van der Waals surface area contributed by atoms with Crippen LogP contribution >= 0.6 is 0 Å². The number of aromatic carboxylic acids is 1. The van der Waals surface area contributed by atoms with Gasteiger partial charge in [-0.05, 0) is 30.2 Å². The highest BCUT2D eigenvalue weighted by molar-refractivity contribution is 5.88. The molecule has 1 heterocycles. The Labute approximate surface area is 147 Å². The first-order valence-corrected chi connectivity index (χ1v) is 8.71. The van der Waals surface area contributed by atoms with Crippen LogP contribution in [0.4, 0.5) is 5.69 Å². The van der Waals surface area contributed by atoms with Crippen molar-refractivity contribution in [2.45, 2.75) is 52.0 Å². The van der Waals surface area contributed by atoms with Crippen molar-refractivity contribution in [2.75, 3.05) is 0 Å². The van der Waals surface area contributed by atoms with Gasteiger partial charge in [-0.25, -0.2) is 4.79 Å². The SMILES string of the molecule is CCCCCCCCn1cc(-c2ccc([N+](=O)[O-])cc2)cc1C(=O)O. The van der Waals surface area contributed by atoms with Crippen LogP contribution in [0, 0.1) is 10.1 Å². The van der Waals surface area contributed by atoms with Crippen molar-refractivity contribution in [1.82, 2.24) is 4.57 Å². The number of hydrogen-bond acceptors (Lipinski definition) is 3. The molecule has 0 bridgehead atoms. The quantitative estimate of drug-likeness (QED) is 0.368. The summed E-state index contributed by atoms with van der Waals surface area (Å²) >= 11 is 0. The van der Waals surface area contributed by atoms with Gasteiger partial charge in [0.1, 0.15) is 5.69 Å². The Morgan fingerprint density at radius 2 is 1.72 bits per heavy atom. The van der Waals surface area contributed by atoms with E-state index >= 15 is 0 Å². The van der Waals surface area contributed by atoms with Crippen molar-refractivity contribution in [1.29, 1.82) is 0 Å². The standard InChI is InChI=1S/C19H24N2O4/c1-2-3-4-5-6-7-12-20-14-16(13-18(20)19(22)23)15-8-10-17(11-9-15)21(24)25/h8-11,13-14H,2-7,12H2,1H3,(H,22,23). The van der Waals surface area contributed by atoms with Crippen LogP contribution in [0.5, 0.6) is 0 Å². The summed E-state index contributed by atoms with van der Waals surface area (Å²) in [5, 5.41) is 20.1. The Hall–Kier alpha value is -2.63. The van der Waals surface area contributed by atoms with Crippen LogP contribution in [-0.2, 0) is 6.54 Å². The molecule has 25 heavy (non-hydrogen) atoms. The predicted octanol–water partition coefficient (Wildman–Crippen LogP) is 5.12. The highest BCUT2D eigenvalue weighted by Crippen LogP contribution is 2.25. The molecule has 0 aliphatic carbocycles. The summed E-state index contributed by atoms with van der Waals surface area (Å²) < 4.78 is 1.76. The monoisotopic (exact) mass is 344 g/mol. The van der Waals surface area contributed by atoms with Crippen LogP contribution in [0.3, 0.4) is 0 Å². The summed E-state index contributed by atoms with van der Waals surface area (Å²) in [6, 6.07) is 7.78. The smallest absolute Gasteiger partial charge is 0.352 e. The third-order valence-electron chi connectivity index (χ3n) is 4.28. The first-order chi connectivity index (χ1) is 12.0. The Morgan fingerprint density at radius 3 is 2.32 bits per heavy atom. The van der Waals surface area contributed by atoms with Gasteiger partial charge in [0, 0.05) is 30.4 Å². The molecule has 0 radical (unpaired) electrons. The van der Waals surface area contributed by atoms with Gasteiger partial charge in [-0.1, -0.05) is 39.0 Å². The summed E-state index contributed by atoms with van der Waals surface area (Å²) in [5.41, 5.74) is 1.81. The lowest BCUT2D eigenvalue weighted by molar-refractivity contribution is -0.384. The first kappa shape index (κ1) is 18.7. The lowest BCUT2D eigenvalue weighted by atomic mass is 10.1. The Kier molecular flexibility index (Phi) is 6.74. The zero-order valence-corrected chi connectivity index (χ0v) is 14.5. The maximum Gasteiger partial charge on any atom is 0.352 e. The second kappa shape index (κ2) is 9.01. The topological polar surface area (TPSA) is 85.4 Å². The van der Waals surface area contributed by atoms with Gasteiger partial charge < -0.3 is 9.67 Å². The average molecular weight is 344 g/mol. The van der Waals surface area contributed by atoms with E-state index in [-0.39, 0.29) is 11.4 Å². The van der Waals surface area contributed by atoms with Gasteiger partial charge in [0.05, 0.1) is 4.92 Å². The van der Waals surface area contributed by atoms with Crippen LogP contribution in [0.1, 0.15) is 55.9 Å². The Balaban J connectivity index is 2.07. The number of hydrogen-bond donors (Lipinski definition) is 1. The molecule has 2 aromatic rings. The highest BCUT2D eigenvalue weighted by Gasteiger charge is 2.14. The molecule has 0 unspecified atom stereocenters. The highest BCUT2D eigenvalue weighted by atomic mass is 16.6. The molecule has 0 atom stereocenters. The number of non-ortho nitro benzene ring substituents is 1. The van der Waals surface area contributed by atoms with Gasteiger partial charge in [-0.2, -0.15) is 0 Å². The minimum atomic E-state index is -0.959. The van der Waals surface area contributed by atoms with Crippen molar-refractivity contribution in [2.24, 2.45) is 0 Å². The molecule has 1 aromatic carbocycles. The second-order valence-corrected chi connectivity index (χ2v) is 6.18. The summed E-state index contributed by atoms with van der Waals surface area (Å²) in [6.45, 7) is 2.85. The van der Waals surface area contributed by atoms with E-state index in [2.05, 4.69) is 6.92 Å². The number of carboxylic acids is 1. The zero-order chi connectivity index (χ0) is 18.2. The number of nitrogens with zero attached hydrogens (tertiary/aromatic N) is 2. The van der Waals surface area contributed by atoms with Gasteiger partial charge in [0.15, 0.2) is 0 Å². The second-order valence-electron chi connectivity index (χ2n) is 6.18. The van der Waals surface area contributed by atoms with E-state index in [0.717, 1.165) is 24.0 Å². The fourth-order valence-corrected chi connectivity index (χ4v) is 2.87. The molecule has 0 amide bonds. The van der Waals surface area contributed by atoms with Crippen molar-refractivity contribution in [3.05, 3.63) is 52.3 Å². The molecule has 0 saturated heterocycles. The Bertz CT molecular complexity index is 720. The molecule has 2 rings (SSSR count). The van der Waals surface area contributed by atoms with Crippen molar-refractivity contribution in [3.8, 4) is 11.1 Å².